The molecule has 0 radical (unpaired) electrons. The molecule has 1 aromatic heterocycles. The summed E-state index contributed by atoms with van der Waals surface area (Å²) in [5.74, 6) is -0.950. The highest BCUT2D eigenvalue weighted by molar-refractivity contribution is 7.13. The first-order valence-corrected chi connectivity index (χ1v) is 8.72. The van der Waals surface area contributed by atoms with Crippen molar-refractivity contribution in [3.63, 3.8) is 0 Å². The number of aliphatic hydroxyl groups excluding tert-OH is 1. The predicted octanol–water partition coefficient (Wildman–Crippen LogP) is 3.33. The maximum absolute atomic E-state index is 11.1. The van der Waals surface area contributed by atoms with Crippen LogP contribution in [0.3, 0.4) is 0 Å². The van der Waals surface area contributed by atoms with Crippen LogP contribution in [0.2, 0.25) is 0 Å². The van der Waals surface area contributed by atoms with Crippen LogP contribution in [0.25, 0.3) is 10.6 Å². The fraction of sp³-hybridized carbons (Fsp3) is 0.158. The lowest BCUT2D eigenvalue weighted by Gasteiger charge is -2.15. The van der Waals surface area contributed by atoms with Crippen LogP contribution in [-0.2, 0) is 6.54 Å². The minimum atomic E-state index is -0.950. The molecule has 0 aliphatic carbocycles. The van der Waals surface area contributed by atoms with E-state index in [1.54, 1.807) is 18.2 Å². The smallest absolute Gasteiger partial charge is 0.335 e. The Morgan fingerprint density at radius 2 is 1.96 bits per heavy atom. The van der Waals surface area contributed by atoms with E-state index >= 15 is 0 Å². The maximum Gasteiger partial charge on any atom is 0.335 e. The summed E-state index contributed by atoms with van der Waals surface area (Å²) in [7, 11) is 0. The van der Waals surface area contributed by atoms with Gasteiger partial charge in [-0.3, -0.25) is 0 Å². The van der Waals surface area contributed by atoms with Gasteiger partial charge < -0.3 is 15.5 Å². The molecule has 0 spiro atoms. The van der Waals surface area contributed by atoms with E-state index in [4.69, 9.17) is 5.11 Å². The second-order valence-electron chi connectivity index (χ2n) is 5.56. The van der Waals surface area contributed by atoms with Crippen LogP contribution >= 0.6 is 11.3 Å². The Balaban J connectivity index is 1.69. The van der Waals surface area contributed by atoms with Crippen molar-refractivity contribution in [2.45, 2.75) is 12.6 Å². The predicted molar refractivity (Wildman–Crippen MR) is 97.6 cm³/mol. The summed E-state index contributed by atoms with van der Waals surface area (Å²) in [5, 5.41) is 24.7. The number of carboxylic acids is 1. The van der Waals surface area contributed by atoms with E-state index in [1.165, 1.54) is 11.3 Å². The Kier molecular flexibility index (Phi) is 5.55. The van der Waals surface area contributed by atoms with E-state index in [9.17, 15) is 9.90 Å². The van der Waals surface area contributed by atoms with Gasteiger partial charge in [-0.05, 0) is 17.7 Å². The van der Waals surface area contributed by atoms with Crippen LogP contribution in [-0.4, -0.2) is 27.8 Å². The molecule has 3 rings (SSSR count). The lowest BCUT2D eigenvalue weighted by molar-refractivity contribution is 0.0697. The number of aromatic carboxylic acids is 1. The van der Waals surface area contributed by atoms with Gasteiger partial charge in [-0.15, -0.1) is 11.3 Å². The number of thiazole rings is 1. The van der Waals surface area contributed by atoms with Crippen molar-refractivity contribution in [3.8, 4) is 10.6 Å². The summed E-state index contributed by atoms with van der Waals surface area (Å²) in [6.45, 7) is 0.525. The molecular formula is C19H18N2O3S. The number of carbonyl (C=O) groups is 1. The minimum absolute atomic E-state index is 0.00165. The topological polar surface area (TPSA) is 82.5 Å². The third-order valence-corrected chi connectivity index (χ3v) is 4.76. The molecule has 25 heavy (non-hydrogen) atoms. The number of hydrogen-bond donors (Lipinski definition) is 3. The average molecular weight is 354 g/mol. The van der Waals surface area contributed by atoms with E-state index in [-0.39, 0.29) is 18.2 Å². The van der Waals surface area contributed by atoms with Gasteiger partial charge in [0.15, 0.2) is 0 Å². The van der Waals surface area contributed by atoms with Gasteiger partial charge in [-0.25, -0.2) is 9.78 Å². The van der Waals surface area contributed by atoms with Gasteiger partial charge in [0, 0.05) is 17.5 Å². The first-order chi connectivity index (χ1) is 12.2. The van der Waals surface area contributed by atoms with Gasteiger partial charge in [-0.2, -0.15) is 0 Å². The summed E-state index contributed by atoms with van der Waals surface area (Å²) in [6, 6.07) is 16.4. The molecule has 0 aliphatic rings. The zero-order valence-corrected chi connectivity index (χ0v) is 14.2. The van der Waals surface area contributed by atoms with E-state index in [1.807, 2.05) is 41.8 Å². The molecule has 2 aromatic carbocycles. The molecule has 0 aliphatic heterocycles. The van der Waals surface area contributed by atoms with Crippen LogP contribution in [0.5, 0.6) is 0 Å². The molecule has 6 heteroatoms. The molecule has 3 aromatic rings. The SMILES string of the molecule is O=C(O)c1cccc(-c2nc(CN[C@H](CO)c3ccccc3)cs2)c1. The standard InChI is InChI=1S/C19H18N2O3S/c22-11-17(13-5-2-1-3-6-13)20-10-16-12-25-18(21-16)14-7-4-8-15(9-14)19(23)24/h1-9,12,17,20,22H,10-11H2,(H,23,24)/t17-/m1/s1. The van der Waals surface area contributed by atoms with E-state index < -0.39 is 5.97 Å². The highest BCUT2D eigenvalue weighted by atomic mass is 32.1. The maximum atomic E-state index is 11.1. The molecule has 0 saturated heterocycles. The number of aliphatic hydroxyl groups is 1. The summed E-state index contributed by atoms with van der Waals surface area (Å²) in [5.41, 5.74) is 2.92. The van der Waals surface area contributed by atoms with Crippen molar-refractivity contribution in [2.75, 3.05) is 6.61 Å². The first kappa shape index (κ1) is 17.3. The number of carboxylic acid groups (broad SMARTS) is 1. The van der Waals surface area contributed by atoms with Gasteiger partial charge in [0.25, 0.3) is 0 Å². The Hall–Kier alpha value is -2.54. The molecule has 0 saturated carbocycles. The Labute approximate surface area is 149 Å². The van der Waals surface area contributed by atoms with Crippen LogP contribution in [0.4, 0.5) is 0 Å². The zero-order chi connectivity index (χ0) is 17.6. The van der Waals surface area contributed by atoms with Gasteiger partial charge in [0.1, 0.15) is 5.01 Å². The molecular weight excluding hydrogens is 336 g/mol. The summed E-state index contributed by atoms with van der Waals surface area (Å²) in [6.07, 6.45) is 0. The molecule has 5 nitrogen and oxygen atoms in total. The van der Waals surface area contributed by atoms with Crippen molar-refractivity contribution in [1.29, 1.82) is 0 Å². The third kappa shape index (κ3) is 4.30. The van der Waals surface area contributed by atoms with Crippen molar-refractivity contribution in [3.05, 3.63) is 76.8 Å². The fourth-order valence-electron chi connectivity index (χ4n) is 2.51. The van der Waals surface area contributed by atoms with E-state index in [2.05, 4.69) is 10.3 Å². The number of nitrogens with zero attached hydrogens (tertiary/aromatic N) is 1. The molecule has 0 bridgehead atoms. The molecule has 0 fully saturated rings. The van der Waals surface area contributed by atoms with Crippen molar-refractivity contribution in [1.82, 2.24) is 10.3 Å². The highest BCUT2D eigenvalue weighted by Crippen LogP contribution is 2.25. The molecule has 1 heterocycles. The normalized spacial score (nSPS) is 12.0. The Morgan fingerprint density at radius 1 is 1.16 bits per heavy atom. The van der Waals surface area contributed by atoms with Gasteiger partial charge >= 0.3 is 5.97 Å². The molecule has 0 unspecified atom stereocenters. The lowest BCUT2D eigenvalue weighted by Crippen LogP contribution is -2.24. The van der Waals surface area contributed by atoms with E-state index in [0.717, 1.165) is 21.8 Å². The number of aromatic nitrogens is 1. The summed E-state index contributed by atoms with van der Waals surface area (Å²) in [4.78, 5) is 15.6. The third-order valence-electron chi connectivity index (χ3n) is 3.82. The van der Waals surface area contributed by atoms with Crippen molar-refractivity contribution >= 4 is 17.3 Å². The molecule has 128 valence electrons. The number of benzene rings is 2. The number of hydrogen-bond acceptors (Lipinski definition) is 5. The first-order valence-electron chi connectivity index (χ1n) is 7.84. The quantitative estimate of drug-likeness (QED) is 0.606. The zero-order valence-electron chi connectivity index (χ0n) is 13.4. The fourth-order valence-corrected chi connectivity index (χ4v) is 3.32. The molecule has 0 amide bonds. The average Bonchev–Trinajstić information content (AvgIpc) is 3.12. The largest absolute Gasteiger partial charge is 0.478 e. The van der Waals surface area contributed by atoms with Gasteiger partial charge in [-0.1, -0.05) is 42.5 Å². The second-order valence-corrected chi connectivity index (χ2v) is 6.41. The summed E-state index contributed by atoms with van der Waals surface area (Å²) < 4.78 is 0. The Bertz CT molecular complexity index is 849. The molecule has 3 N–H and O–H groups in total. The molecule has 1 atom stereocenters. The van der Waals surface area contributed by atoms with Crippen molar-refractivity contribution in [2.24, 2.45) is 0 Å². The van der Waals surface area contributed by atoms with Crippen molar-refractivity contribution < 1.29 is 15.0 Å². The minimum Gasteiger partial charge on any atom is -0.478 e. The number of nitrogens with one attached hydrogen (secondary N) is 1. The van der Waals surface area contributed by atoms with Crippen LogP contribution in [0.15, 0.2) is 60.0 Å². The second kappa shape index (κ2) is 8.02. The lowest BCUT2D eigenvalue weighted by atomic mass is 10.1. The highest BCUT2D eigenvalue weighted by Gasteiger charge is 2.12. The summed E-state index contributed by atoms with van der Waals surface area (Å²) >= 11 is 1.47. The van der Waals surface area contributed by atoms with Gasteiger partial charge in [0.05, 0.1) is 23.9 Å². The van der Waals surface area contributed by atoms with Crippen LogP contribution in [0.1, 0.15) is 27.7 Å². The number of rotatable bonds is 7. The van der Waals surface area contributed by atoms with Crippen LogP contribution in [0, 0.1) is 0 Å². The Morgan fingerprint density at radius 3 is 2.68 bits per heavy atom. The van der Waals surface area contributed by atoms with E-state index in [0.29, 0.717) is 6.54 Å². The monoisotopic (exact) mass is 354 g/mol. The van der Waals surface area contributed by atoms with Gasteiger partial charge in [0.2, 0.25) is 0 Å². The van der Waals surface area contributed by atoms with Crippen LogP contribution < -0.4 is 5.32 Å².